The first-order chi connectivity index (χ1) is 13.5. The van der Waals surface area contributed by atoms with Gasteiger partial charge in [-0.05, 0) is 67.1 Å². The first-order valence-corrected chi connectivity index (χ1v) is 9.29. The lowest BCUT2D eigenvalue weighted by atomic mass is 9.94. The quantitative estimate of drug-likeness (QED) is 0.529. The number of methoxy groups -OCH3 is 1. The van der Waals surface area contributed by atoms with Crippen LogP contribution < -0.4 is 9.47 Å². The first kappa shape index (κ1) is 21.3. The molecule has 0 spiro atoms. The van der Waals surface area contributed by atoms with Gasteiger partial charge >= 0.3 is 11.9 Å². The maximum absolute atomic E-state index is 11.0. The molecule has 0 bridgehead atoms. The Morgan fingerprint density at radius 2 is 1.57 bits per heavy atom. The van der Waals surface area contributed by atoms with Crippen LogP contribution in [0.3, 0.4) is 0 Å². The molecular weight excluding hydrogens is 360 g/mol. The molecule has 28 heavy (non-hydrogen) atoms. The lowest BCUT2D eigenvalue weighted by Crippen LogP contribution is -2.15. The molecule has 0 aromatic heterocycles. The van der Waals surface area contributed by atoms with Crippen molar-refractivity contribution in [2.24, 2.45) is 5.92 Å². The Labute approximate surface area is 164 Å². The molecule has 0 saturated heterocycles. The number of benzene rings is 2. The molecule has 1 atom stereocenters. The second-order valence-electron chi connectivity index (χ2n) is 6.70. The highest BCUT2D eigenvalue weighted by molar-refractivity contribution is 5.87. The Hall–Kier alpha value is -3.02. The summed E-state index contributed by atoms with van der Waals surface area (Å²) in [7, 11) is 1.61. The van der Waals surface area contributed by atoms with Gasteiger partial charge in [-0.25, -0.2) is 4.79 Å². The van der Waals surface area contributed by atoms with Gasteiger partial charge in [-0.15, -0.1) is 0 Å². The summed E-state index contributed by atoms with van der Waals surface area (Å²) < 4.78 is 11.1. The fourth-order valence-electron chi connectivity index (χ4n) is 2.96. The van der Waals surface area contributed by atoms with Crippen molar-refractivity contribution in [1.82, 2.24) is 0 Å². The molecule has 2 rings (SSSR count). The van der Waals surface area contributed by atoms with Gasteiger partial charge in [0.05, 0.1) is 19.3 Å². The van der Waals surface area contributed by atoms with Crippen molar-refractivity contribution in [3.8, 4) is 11.5 Å². The van der Waals surface area contributed by atoms with E-state index < -0.39 is 11.9 Å². The van der Waals surface area contributed by atoms with Gasteiger partial charge in [-0.3, -0.25) is 4.79 Å². The molecule has 6 nitrogen and oxygen atoms in total. The van der Waals surface area contributed by atoms with Gasteiger partial charge in [0, 0.05) is 6.42 Å². The van der Waals surface area contributed by atoms with Gasteiger partial charge in [0.2, 0.25) is 0 Å². The number of carboxylic acids is 2. The highest BCUT2D eigenvalue weighted by atomic mass is 16.5. The number of carboxylic acid groups (broad SMARTS) is 2. The van der Waals surface area contributed by atoms with E-state index in [1.807, 2.05) is 36.4 Å². The van der Waals surface area contributed by atoms with Gasteiger partial charge < -0.3 is 19.7 Å². The molecule has 6 heteroatoms. The second-order valence-corrected chi connectivity index (χ2v) is 6.70. The SMILES string of the molecule is COc1ccc(OCC(CCCCC(=O)O)Cc2ccc(C(=O)O)cc2)cc1. The van der Waals surface area contributed by atoms with Gasteiger partial charge in [0.15, 0.2) is 0 Å². The summed E-state index contributed by atoms with van der Waals surface area (Å²) >= 11 is 0. The van der Waals surface area contributed by atoms with Crippen LogP contribution in [-0.2, 0) is 11.2 Å². The Bertz CT molecular complexity index is 752. The topological polar surface area (TPSA) is 93.1 Å². The van der Waals surface area contributed by atoms with E-state index >= 15 is 0 Å². The number of hydrogen-bond acceptors (Lipinski definition) is 4. The average molecular weight is 386 g/mol. The standard InChI is InChI=1S/C22H26O6/c1-27-19-10-12-20(13-11-19)28-15-17(4-2-3-5-21(23)24)14-16-6-8-18(9-7-16)22(25)26/h6-13,17H,2-5,14-15H2,1H3,(H,23,24)(H,25,26). The van der Waals surface area contributed by atoms with Crippen LogP contribution in [0.4, 0.5) is 0 Å². The van der Waals surface area contributed by atoms with E-state index in [2.05, 4.69) is 0 Å². The summed E-state index contributed by atoms with van der Waals surface area (Å²) in [6.45, 7) is 0.500. The van der Waals surface area contributed by atoms with E-state index in [0.717, 1.165) is 36.3 Å². The molecule has 0 aliphatic carbocycles. The molecule has 0 aliphatic heterocycles. The Morgan fingerprint density at radius 1 is 0.929 bits per heavy atom. The summed E-state index contributed by atoms with van der Waals surface area (Å²) in [5, 5.41) is 17.8. The fraction of sp³-hybridized carbons (Fsp3) is 0.364. The second kappa shape index (κ2) is 11.0. The lowest BCUT2D eigenvalue weighted by molar-refractivity contribution is -0.137. The van der Waals surface area contributed by atoms with Crippen molar-refractivity contribution in [3.05, 3.63) is 59.7 Å². The zero-order chi connectivity index (χ0) is 20.4. The number of carbonyl (C=O) groups is 2. The van der Waals surface area contributed by atoms with Crippen LogP contribution in [0.1, 0.15) is 41.6 Å². The number of unbranched alkanes of at least 4 members (excludes halogenated alkanes) is 1. The van der Waals surface area contributed by atoms with Crippen molar-refractivity contribution in [1.29, 1.82) is 0 Å². The van der Waals surface area contributed by atoms with Gasteiger partial charge in [-0.1, -0.05) is 18.6 Å². The minimum absolute atomic E-state index is 0.166. The van der Waals surface area contributed by atoms with Crippen molar-refractivity contribution in [2.75, 3.05) is 13.7 Å². The highest BCUT2D eigenvalue weighted by Crippen LogP contribution is 2.21. The van der Waals surface area contributed by atoms with E-state index in [1.165, 1.54) is 0 Å². The predicted molar refractivity (Wildman–Crippen MR) is 105 cm³/mol. The Kier molecular flexibility index (Phi) is 8.34. The normalized spacial score (nSPS) is 11.6. The Morgan fingerprint density at radius 3 is 2.14 bits per heavy atom. The molecule has 0 radical (unpaired) electrons. The minimum Gasteiger partial charge on any atom is -0.497 e. The van der Waals surface area contributed by atoms with Crippen LogP contribution in [-0.4, -0.2) is 35.9 Å². The Balaban J connectivity index is 1.96. The van der Waals surface area contributed by atoms with Gasteiger partial charge in [-0.2, -0.15) is 0 Å². The van der Waals surface area contributed by atoms with E-state index in [0.29, 0.717) is 13.0 Å². The molecule has 0 aliphatic rings. The zero-order valence-corrected chi connectivity index (χ0v) is 16.0. The third-order valence-corrected chi connectivity index (χ3v) is 4.52. The van der Waals surface area contributed by atoms with Crippen molar-refractivity contribution in [2.45, 2.75) is 32.1 Å². The molecule has 2 aromatic rings. The number of aliphatic carboxylic acids is 1. The smallest absolute Gasteiger partial charge is 0.335 e. The van der Waals surface area contributed by atoms with E-state index in [4.69, 9.17) is 19.7 Å². The number of ether oxygens (including phenoxy) is 2. The maximum atomic E-state index is 11.0. The molecular formula is C22H26O6. The molecule has 0 heterocycles. The summed E-state index contributed by atoms with van der Waals surface area (Å²) in [5.74, 6) is -0.0184. The fourth-order valence-corrected chi connectivity index (χ4v) is 2.96. The van der Waals surface area contributed by atoms with Crippen LogP contribution in [0.2, 0.25) is 0 Å². The summed E-state index contributed by atoms with van der Waals surface area (Å²) in [5.41, 5.74) is 1.29. The highest BCUT2D eigenvalue weighted by Gasteiger charge is 2.13. The van der Waals surface area contributed by atoms with E-state index in [1.54, 1.807) is 19.2 Å². The maximum Gasteiger partial charge on any atom is 0.335 e. The van der Waals surface area contributed by atoms with Crippen LogP contribution in [0.5, 0.6) is 11.5 Å². The third kappa shape index (κ3) is 7.31. The van der Waals surface area contributed by atoms with Crippen LogP contribution in [0.25, 0.3) is 0 Å². The molecule has 0 saturated carbocycles. The molecule has 2 N–H and O–H groups in total. The number of hydrogen-bond donors (Lipinski definition) is 2. The molecule has 1 unspecified atom stereocenters. The molecule has 0 fully saturated rings. The largest absolute Gasteiger partial charge is 0.497 e. The van der Waals surface area contributed by atoms with Crippen LogP contribution in [0, 0.1) is 5.92 Å². The van der Waals surface area contributed by atoms with Crippen molar-refractivity contribution in [3.63, 3.8) is 0 Å². The molecule has 0 amide bonds. The predicted octanol–water partition coefficient (Wildman–Crippen LogP) is 4.28. The third-order valence-electron chi connectivity index (χ3n) is 4.52. The van der Waals surface area contributed by atoms with E-state index in [9.17, 15) is 9.59 Å². The first-order valence-electron chi connectivity index (χ1n) is 9.29. The average Bonchev–Trinajstić information content (AvgIpc) is 2.69. The number of aromatic carboxylic acids is 1. The summed E-state index contributed by atoms with van der Waals surface area (Å²) in [6.07, 6.45) is 3.18. The molecule has 150 valence electrons. The summed E-state index contributed by atoms with van der Waals surface area (Å²) in [4.78, 5) is 21.7. The van der Waals surface area contributed by atoms with Crippen LogP contribution >= 0.6 is 0 Å². The zero-order valence-electron chi connectivity index (χ0n) is 16.0. The van der Waals surface area contributed by atoms with Crippen molar-refractivity contribution >= 4 is 11.9 Å². The van der Waals surface area contributed by atoms with E-state index in [-0.39, 0.29) is 17.9 Å². The van der Waals surface area contributed by atoms with Crippen molar-refractivity contribution < 1.29 is 29.3 Å². The van der Waals surface area contributed by atoms with Gasteiger partial charge in [0.1, 0.15) is 11.5 Å². The van der Waals surface area contributed by atoms with Gasteiger partial charge in [0.25, 0.3) is 0 Å². The molecule has 2 aromatic carbocycles. The minimum atomic E-state index is -0.945. The monoisotopic (exact) mass is 386 g/mol. The van der Waals surface area contributed by atoms with Crippen LogP contribution in [0.15, 0.2) is 48.5 Å². The lowest BCUT2D eigenvalue weighted by Gasteiger charge is -2.18. The number of rotatable bonds is 12. The summed E-state index contributed by atoms with van der Waals surface area (Å²) in [6, 6.07) is 14.2.